The second-order valence-electron chi connectivity index (χ2n) is 4.24. The number of anilines is 1. The van der Waals surface area contributed by atoms with Crippen molar-refractivity contribution in [2.75, 3.05) is 5.32 Å². The summed E-state index contributed by atoms with van der Waals surface area (Å²) >= 11 is 5.76. The van der Waals surface area contributed by atoms with E-state index in [1.807, 2.05) is 0 Å². The third kappa shape index (κ3) is 3.03. The highest BCUT2D eigenvalue weighted by Crippen LogP contribution is 2.15. The van der Waals surface area contributed by atoms with Crippen molar-refractivity contribution in [3.8, 4) is 0 Å². The van der Waals surface area contributed by atoms with Gasteiger partial charge in [0.15, 0.2) is 5.78 Å². The Morgan fingerprint density at radius 1 is 1.21 bits per heavy atom. The second kappa shape index (κ2) is 5.28. The zero-order valence-corrected chi connectivity index (χ0v) is 11.4. The summed E-state index contributed by atoms with van der Waals surface area (Å²) in [6.45, 7) is 1.49. The highest BCUT2D eigenvalue weighted by atomic mass is 35.5. The minimum absolute atomic E-state index is 0.0468. The molecule has 0 atom stereocenters. The van der Waals surface area contributed by atoms with Crippen LogP contribution >= 0.6 is 11.6 Å². The molecule has 1 N–H and O–H groups in total. The molecule has 98 valence electrons. The third-order valence-corrected chi connectivity index (χ3v) is 2.98. The Balaban J connectivity index is 2.17. The van der Waals surface area contributed by atoms with Crippen molar-refractivity contribution < 1.29 is 9.59 Å². The predicted octanol–water partition coefficient (Wildman–Crippen LogP) is 3.13. The Morgan fingerprint density at radius 2 is 1.84 bits per heavy atom. The number of halogens is 1. The van der Waals surface area contributed by atoms with E-state index in [2.05, 4.69) is 5.32 Å². The van der Waals surface area contributed by atoms with Crippen molar-refractivity contribution in [3.05, 3.63) is 52.8 Å². The van der Waals surface area contributed by atoms with Crippen LogP contribution in [0.4, 0.5) is 5.69 Å². The number of ketones is 1. The van der Waals surface area contributed by atoms with Crippen LogP contribution in [0.5, 0.6) is 0 Å². The Bertz CT molecular complexity index is 629. The van der Waals surface area contributed by atoms with E-state index in [9.17, 15) is 9.59 Å². The topological polar surface area (TPSA) is 51.1 Å². The van der Waals surface area contributed by atoms with Crippen molar-refractivity contribution in [3.63, 3.8) is 0 Å². The molecule has 2 aromatic rings. The summed E-state index contributed by atoms with van der Waals surface area (Å²) in [5.74, 6) is -0.285. The monoisotopic (exact) mass is 276 g/mol. The lowest BCUT2D eigenvalue weighted by atomic mass is 10.2. The van der Waals surface area contributed by atoms with Crippen molar-refractivity contribution >= 4 is 29.0 Å². The fourth-order valence-corrected chi connectivity index (χ4v) is 1.91. The van der Waals surface area contributed by atoms with Crippen LogP contribution < -0.4 is 5.32 Å². The van der Waals surface area contributed by atoms with Gasteiger partial charge in [0, 0.05) is 30.8 Å². The van der Waals surface area contributed by atoms with Crippen molar-refractivity contribution in [1.29, 1.82) is 0 Å². The van der Waals surface area contributed by atoms with Gasteiger partial charge in [0.2, 0.25) is 0 Å². The molecule has 4 nitrogen and oxygen atoms in total. The molecule has 2 rings (SSSR count). The van der Waals surface area contributed by atoms with Gasteiger partial charge in [-0.3, -0.25) is 9.59 Å². The summed E-state index contributed by atoms with van der Waals surface area (Å²) in [5.41, 5.74) is 1.65. The lowest BCUT2D eigenvalue weighted by Crippen LogP contribution is -2.11. The number of Topliss-reactive ketones (excluding diaryl/α,β-unsaturated/α-hetero) is 1. The summed E-state index contributed by atoms with van der Waals surface area (Å²) in [4.78, 5) is 23.3. The smallest absolute Gasteiger partial charge is 0.255 e. The molecule has 0 saturated heterocycles. The average Bonchev–Trinajstić information content (AvgIpc) is 2.71. The number of carbonyl (C=O) groups excluding carboxylic acids is 2. The number of nitrogens with one attached hydrogen (secondary N) is 1. The van der Waals surface area contributed by atoms with Gasteiger partial charge < -0.3 is 9.88 Å². The first-order chi connectivity index (χ1) is 8.97. The lowest BCUT2D eigenvalue weighted by Gasteiger charge is -2.02. The average molecular weight is 277 g/mol. The van der Waals surface area contributed by atoms with Crippen LogP contribution in [-0.4, -0.2) is 16.3 Å². The maximum Gasteiger partial charge on any atom is 0.255 e. The molecular formula is C14H13ClN2O2. The van der Waals surface area contributed by atoms with Gasteiger partial charge in [-0.05, 0) is 30.3 Å². The number of benzene rings is 1. The fourth-order valence-electron chi connectivity index (χ4n) is 1.79. The first-order valence-electron chi connectivity index (χ1n) is 5.71. The molecule has 0 spiro atoms. The van der Waals surface area contributed by atoms with Crippen molar-refractivity contribution in [1.82, 2.24) is 4.57 Å². The van der Waals surface area contributed by atoms with Crippen LogP contribution in [0, 0.1) is 0 Å². The van der Waals surface area contributed by atoms with E-state index >= 15 is 0 Å². The molecule has 0 radical (unpaired) electrons. The van der Waals surface area contributed by atoms with E-state index in [0.29, 0.717) is 22.0 Å². The highest BCUT2D eigenvalue weighted by molar-refractivity contribution is 6.30. The molecule has 1 amide bonds. The molecule has 0 saturated carbocycles. The number of rotatable bonds is 3. The van der Waals surface area contributed by atoms with E-state index < -0.39 is 0 Å². The highest BCUT2D eigenvalue weighted by Gasteiger charge is 2.10. The van der Waals surface area contributed by atoms with Gasteiger partial charge in [0.1, 0.15) is 0 Å². The molecule has 5 heteroatoms. The Kier molecular flexibility index (Phi) is 3.71. The summed E-state index contributed by atoms with van der Waals surface area (Å²) in [6.07, 6.45) is 1.70. The van der Waals surface area contributed by atoms with Crippen molar-refractivity contribution in [2.45, 2.75) is 6.92 Å². The SMILES string of the molecule is CC(=O)c1cc(NC(=O)c2ccc(Cl)cc2)cn1C. The molecule has 1 aromatic carbocycles. The predicted molar refractivity (Wildman–Crippen MR) is 74.8 cm³/mol. The van der Waals surface area contributed by atoms with Crippen LogP contribution in [0.1, 0.15) is 27.8 Å². The quantitative estimate of drug-likeness (QED) is 0.876. The molecule has 0 aliphatic carbocycles. The minimum atomic E-state index is -0.239. The maximum atomic E-state index is 12.0. The van der Waals surface area contributed by atoms with E-state index in [-0.39, 0.29) is 11.7 Å². The van der Waals surface area contributed by atoms with E-state index in [0.717, 1.165) is 0 Å². The number of aryl methyl sites for hydroxylation is 1. The molecule has 0 fully saturated rings. The Hall–Kier alpha value is -2.07. The summed E-state index contributed by atoms with van der Waals surface area (Å²) in [5, 5.41) is 3.32. The molecule has 1 heterocycles. The first kappa shape index (κ1) is 13.4. The number of amides is 1. The second-order valence-corrected chi connectivity index (χ2v) is 4.68. The number of aromatic nitrogens is 1. The molecular weight excluding hydrogens is 264 g/mol. The van der Waals surface area contributed by atoms with Gasteiger partial charge in [-0.2, -0.15) is 0 Å². The molecule has 0 unspecified atom stereocenters. The molecule has 0 aliphatic rings. The zero-order chi connectivity index (χ0) is 14.0. The molecule has 19 heavy (non-hydrogen) atoms. The Labute approximate surface area is 116 Å². The van der Waals surface area contributed by atoms with Crippen LogP contribution in [0.3, 0.4) is 0 Å². The van der Waals surface area contributed by atoms with Crippen molar-refractivity contribution in [2.24, 2.45) is 7.05 Å². The summed E-state index contributed by atoms with van der Waals surface area (Å²) in [6, 6.07) is 8.25. The minimum Gasteiger partial charge on any atom is -0.346 e. The van der Waals surface area contributed by atoms with Gasteiger partial charge in [0.05, 0.1) is 11.4 Å². The third-order valence-electron chi connectivity index (χ3n) is 2.73. The maximum absolute atomic E-state index is 12.0. The van der Waals surface area contributed by atoms with Gasteiger partial charge in [-0.15, -0.1) is 0 Å². The van der Waals surface area contributed by atoms with Gasteiger partial charge in [0.25, 0.3) is 5.91 Å². The van der Waals surface area contributed by atoms with E-state index in [1.54, 1.807) is 48.1 Å². The van der Waals surface area contributed by atoms with Gasteiger partial charge in [-0.25, -0.2) is 0 Å². The first-order valence-corrected chi connectivity index (χ1v) is 6.09. The lowest BCUT2D eigenvalue weighted by molar-refractivity contribution is 0.100. The molecule has 0 aliphatic heterocycles. The summed E-state index contributed by atoms with van der Waals surface area (Å²) in [7, 11) is 1.76. The summed E-state index contributed by atoms with van der Waals surface area (Å²) < 4.78 is 1.68. The van der Waals surface area contributed by atoms with Crippen LogP contribution in [-0.2, 0) is 7.05 Å². The van der Waals surface area contributed by atoms with E-state index in [1.165, 1.54) is 6.92 Å². The Morgan fingerprint density at radius 3 is 2.37 bits per heavy atom. The normalized spacial score (nSPS) is 10.3. The van der Waals surface area contributed by atoms with Gasteiger partial charge >= 0.3 is 0 Å². The largest absolute Gasteiger partial charge is 0.346 e. The van der Waals surface area contributed by atoms with Crippen LogP contribution in [0.15, 0.2) is 36.5 Å². The van der Waals surface area contributed by atoms with Gasteiger partial charge in [-0.1, -0.05) is 11.6 Å². The number of hydrogen-bond acceptors (Lipinski definition) is 2. The molecule has 1 aromatic heterocycles. The standard InChI is InChI=1S/C14H13ClN2O2/c1-9(18)13-7-12(8-17(13)2)16-14(19)10-3-5-11(15)6-4-10/h3-8H,1-2H3,(H,16,19). The fraction of sp³-hybridized carbons (Fsp3) is 0.143. The number of nitrogens with zero attached hydrogens (tertiary/aromatic N) is 1. The van der Waals surface area contributed by atoms with E-state index in [4.69, 9.17) is 11.6 Å². The van der Waals surface area contributed by atoms with Crippen LogP contribution in [0.2, 0.25) is 5.02 Å². The molecule has 0 bridgehead atoms. The number of hydrogen-bond donors (Lipinski definition) is 1. The zero-order valence-electron chi connectivity index (χ0n) is 10.6. The number of carbonyl (C=O) groups is 2. The van der Waals surface area contributed by atoms with Crippen LogP contribution in [0.25, 0.3) is 0 Å².